The van der Waals surface area contributed by atoms with E-state index in [1.807, 2.05) is 19.1 Å². The zero-order valence-electron chi connectivity index (χ0n) is 12.7. The number of nitrogens with zero attached hydrogens (tertiary/aromatic N) is 3. The van der Waals surface area contributed by atoms with Crippen molar-refractivity contribution in [2.75, 3.05) is 33.2 Å². The topological polar surface area (TPSA) is 52.2 Å². The van der Waals surface area contributed by atoms with Crippen LogP contribution in [0.15, 0.2) is 23.0 Å². The predicted molar refractivity (Wildman–Crippen MR) is 84.5 cm³/mol. The number of H-pyrrole nitrogens is 1. The molecular formula is C16H22N4O. The summed E-state index contributed by atoms with van der Waals surface area (Å²) in [5, 5.41) is 0.693. The number of fused-ring (bicyclic) bond motifs is 1. The Morgan fingerprint density at radius 3 is 2.71 bits per heavy atom. The number of aromatic nitrogens is 2. The van der Waals surface area contributed by atoms with Crippen LogP contribution >= 0.6 is 0 Å². The number of piperazine rings is 1. The highest BCUT2D eigenvalue weighted by atomic mass is 16.1. The van der Waals surface area contributed by atoms with Gasteiger partial charge in [0.25, 0.3) is 5.56 Å². The van der Waals surface area contributed by atoms with Crippen LogP contribution in [0.1, 0.15) is 18.3 Å². The summed E-state index contributed by atoms with van der Waals surface area (Å²) in [6.07, 6.45) is 0.744. The van der Waals surface area contributed by atoms with Crippen molar-refractivity contribution in [3.8, 4) is 0 Å². The van der Waals surface area contributed by atoms with Crippen LogP contribution in [0.5, 0.6) is 0 Å². The number of aromatic amines is 1. The van der Waals surface area contributed by atoms with Gasteiger partial charge in [-0.05, 0) is 24.7 Å². The van der Waals surface area contributed by atoms with Gasteiger partial charge >= 0.3 is 0 Å². The number of rotatable bonds is 3. The van der Waals surface area contributed by atoms with E-state index in [2.05, 4.69) is 32.9 Å². The molecule has 2 aromatic rings. The lowest BCUT2D eigenvalue weighted by Crippen LogP contribution is -2.43. The summed E-state index contributed by atoms with van der Waals surface area (Å²) < 4.78 is 0. The molecule has 0 unspecified atom stereocenters. The second-order valence-corrected chi connectivity index (χ2v) is 5.80. The van der Waals surface area contributed by atoms with Crippen molar-refractivity contribution in [3.05, 3.63) is 39.9 Å². The molecule has 1 saturated heterocycles. The summed E-state index contributed by atoms with van der Waals surface area (Å²) in [6, 6.07) is 6.04. The van der Waals surface area contributed by atoms with Gasteiger partial charge in [-0.25, -0.2) is 4.98 Å². The van der Waals surface area contributed by atoms with Crippen molar-refractivity contribution >= 4 is 10.9 Å². The van der Waals surface area contributed by atoms with Gasteiger partial charge in [0.15, 0.2) is 0 Å². The monoisotopic (exact) mass is 286 g/mol. The maximum absolute atomic E-state index is 12.1. The van der Waals surface area contributed by atoms with Crippen molar-refractivity contribution in [3.63, 3.8) is 0 Å². The van der Waals surface area contributed by atoms with Crippen LogP contribution in [0.2, 0.25) is 0 Å². The number of likely N-dealkylation sites (N-methyl/N-ethyl adjacent to an activating group) is 1. The van der Waals surface area contributed by atoms with Crippen LogP contribution in [0.4, 0.5) is 0 Å². The summed E-state index contributed by atoms with van der Waals surface area (Å²) in [4.78, 5) is 24.2. The fraction of sp³-hybridized carbons (Fsp3) is 0.500. The standard InChI is InChI=1S/C16H22N4O/c1-3-15-17-14-5-4-12(10-13(14)16(21)18-15)11-20-8-6-19(2)7-9-20/h4-5,10H,3,6-9,11H2,1-2H3,(H,17,18,21). The third-order valence-corrected chi connectivity index (χ3v) is 4.16. The predicted octanol–water partition coefficient (Wildman–Crippen LogP) is 1.23. The first-order valence-electron chi connectivity index (χ1n) is 7.58. The van der Waals surface area contributed by atoms with Crippen molar-refractivity contribution < 1.29 is 0 Å². The molecule has 1 aliphatic rings. The quantitative estimate of drug-likeness (QED) is 0.922. The fourth-order valence-corrected chi connectivity index (χ4v) is 2.76. The Bertz CT molecular complexity index is 686. The average Bonchev–Trinajstić information content (AvgIpc) is 2.50. The van der Waals surface area contributed by atoms with Gasteiger partial charge in [-0.3, -0.25) is 9.69 Å². The van der Waals surface area contributed by atoms with Crippen LogP contribution in [-0.2, 0) is 13.0 Å². The van der Waals surface area contributed by atoms with Crippen molar-refractivity contribution in [1.29, 1.82) is 0 Å². The summed E-state index contributed by atoms with van der Waals surface area (Å²) in [5.41, 5.74) is 1.94. The Kier molecular flexibility index (Phi) is 4.03. The highest BCUT2D eigenvalue weighted by molar-refractivity contribution is 5.78. The molecule has 0 atom stereocenters. The van der Waals surface area contributed by atoms with Gasteiger partial charge in [-0.2, -0.15) is 0 Å². The molecule has 0 bridgehead atoms. The highest BCUT2D eigenvalue weighted by Crippen LogP contribution is 2.13. The molecule has 3 rings (SSSR count). The lowest BCUT2D eigenvalue weighted by atomic mass is 10.1. The molecule has 0 amide bonds. The molecular weight excluding hydrogens is 264 g/mol. The van der Waals surface area contributed by atoms with Gasteiger partial charge < -0.3 is 9.88 Å². The van der Waals surface area contributed by atoms with Crippen LogP contribution < -0.4 is 5.56 Å². The van der Waals surface area contributed by atoms with E-state index in [9.17, 15) is 4.79 Å². The number of nitrogens with one attached hydrogen (secondary N) is 1. The summed E-state index contributed by atoms with van der Waals surface area (Å²) >= 11 is 0. The molecule has 1 N–H and O–H groups in total. The van der Waals surface area contributed by atoms with Gasteiger partial charge in [0, 0.05) is 39.1 Å². The molecule has 1 fully saturated rings. The molecule has 21 heavy (non-hydrogen) atoms. The first-order valence-corrected chi connectivity index (χ1v) is 7.58. The van der Waals surface area contributed by atoms with E-state index in [0.717, 1.165) is 50.5 Å². The molecule has 1 aliphatic heterocycles. The lowest BCUT2D eigenvalue weighted by Gasteiger charge is -2.32. The molecule has 5 heteroatoms. The molecule has 0 aliphatic carbocycles. The second kappa shape index (κ2) is 5.95. The second-order valence-electron chi connectivity index (χ2n) is 5.80. The maximum atomic E-state index is 12.1. The first kappa shape index (κ1) is 14.2. The van der Waals surface area contributed by atoms with E-state index in [1.165, 1.54) is 5.56 Å². The normalized spacial score (nSPS) is 17.4. The van der Waals surface area contributed by atoms with E-state index in [0.29, 0.717) is 5.39 Å². The molecule has 5 nitrogen and oxygen atoms in total. The smallest absolute Gasteiger partial charge is 0.258 e. The minimum atomic E-state index is -0.0305. The summed E-state index contributed by atoms with van der Waals surface area (Å²) in [7, 11) is 2.16. The van der Waals surface area contributed by atoms with Crippen LogP contribution in [-0.4, -0.2) is 53.0 Å². The van der Waals surface area contributed by atoms with E-state index in [1.54, 1.807) is 0 Å². The van der Waals surface area contributed by atoms with Crippen molar-refractivity contribution in [1.82, 2.24) is 19.8 Å². The van der Waals surface area contributed by atoms with Gasteiger partial charge in [0.2, 0.25) is 0 Å². The van der Waals surface area contributed by atoms with Crippen molar-refractivity contribution in [2.24, 2.45) is 0 Å². The Balaban J connectivity index is 1.84. The van der Waals surface area contributed by atoms with E-state index < -0.39 is 0 Å². The van der Waals surface area contributed by atoms with Gasteiger partial charge in [0.1, 0.15) is 5.82 Å². The van der Waals surface area contributed by atoms with E-state index in [-0.39, 0.29) is 5.56 Å². The number of aryl methyl sites for hydroxylation is 1. The number of benzene rings is 1. The SMILES string of the molecule is CCc1nc2ccc(CN3CCN(C)CC3)cc2c(=O)[nH]1. The molecule has 0 saturated carbocycles. The van der Waals surface area contributed by atoms with Crippen LogP contribution in [0.25, 0.3) is 10.9 Å². The van der Waals surface area contributed by atoms with E-state index in [4.69, 9.17) is 0 Å². The molecule has 2 heterocycles. The zero-order valence-corrected chi connectivity index (χ0v) is 12.7. The van der Waals surface area contributed by atoms with E-state index >= 15 is 0 Å². The molecule has 1 aromatic carbocycles. The van der Waals surface area contributed by atoms with Crippen molar-refractivity contribution in [2.45, 2.75) is 19.9 Å². The first-order chi connectivity index (χ1) is 10.2. The number of hydrogen-bond donors (Lipinski definition) is 1. The third kappa shape index (κ3) is 3.14. The van der Waals surface area contributed by atoms with Crippen LogP contribution in [0, 0.1) is 0 Å². The summed E-state index contributed by atoms with van der Waals surface area (Å²) in [5.74, 6) is 0.749. The Morgan fingerprint density at radius 1 is 1.24 bits per heavy atom. The van der Waals surface area contributed by atoms with Crippen LogP contribution in [0.3, 0.4) is 0 Å². The third-order valence-electron chi connectivity index (χ3n) is 4.16. The Morgan fingerprint density at radius 2 is 2.00 bits per heavy atom. The summed E-state index contributed by atoms with van der Waals surface area (Å²) in [6.45, 7) is 7.27. The van der Waals surface area contributed by atoms with Gasteiger partial charge in [0.05, 0.1) is 10.9 Å². The Hall–Kier alpha value is -1.72. The minimum absolute atomic E-state index is 0.0305. The Labute approximate surface area is 124 Å². The molecule has 0 radical (unpaired) electrons. The maximum Gasteiger partial charge on any atom is 0.258 e. The fourth-order valence-electron chi connectivity index (χ4n) is 2.76. The largest absolute Gasteiger partial charge is 0.310 e. The lowest BCUT2D eigenvalue weighted by molar-refractivity contribution is 0.148. The molecule has 112 valence electrons. The molecule has 1 aromatic heterocycles. The van der Waals surface area contributed by atoms with Gasteiger partial charge in [-0.1, -0.05) is 13.0 Å². The number of hydrogen-bond acceptors (Lipinski definition) is 4. The zero-order chi connectivity index (χ0) is 14.8. The van der Waals surface area contributed by atoms with Gasteiger partial charge in [-0.15, -0.1) is 0 Å². The average molecular weight is 286 g/mol. The minimum Gasteiger partial charge on any atom is -0.310 e. The highest BCUT2D eigenvalue weighted by Gasteiger charge is 2.14. The molecule has 0 spiro atoms.